The van der Waals surface area contributed by atoms with Crippen LogP contribution in [0.25, 0.3) is 10.6 Å². The summed E-state index contributed by atoms with van der Waals surface area (Å²) in [4.78, 5) is 15.9. The maximum atomic E-state index is 11.3. The Kier molecular flexibility index (Phi) is 5.76. The molecule has 1 heterocycles. The average molecular weight is 370 g/mol. The molecular formula is C15H16BrNO3S. The standard InChI is InChI=1S/C15H16BrNO3S/c1-3-20-14(18)7-5-11-9-21-15(17-11)10-4-6-13(19-2)12(16)8-10/h4,6,8-9H,3,5,7H2,1-2H3. The lowest BCUT2D eigenvalue weighted by molar-refractivity contribution is -0.143. The average Bonchev–Trinajstić information content (AvgIpc) is 2.94. The Bertz CT molecular complexity index is 627. The lowest BCUT2D eigenvalue weighted by atomic mass is 10.2. The molecule has 0 amide bonds. The van der Waals surface area contributed by atoms with E-state index in [1.165, 1.54) is 0 Å². The summed E-state index contributed by atoms with van der Waals surface area (Å²) in [6, 6.07) is 5.85. The third kappa shape index (κ3) is 4.28. The number of ether oxygens (including phenoxy) is 2. The number of rotatable bonds is 6. The first kappa shape index (κ1) is 16.0. The number of esters is 1. The van der Waals surface area contributed by atoms with Crippen LogP contribution in [0.2, 0.25) is 0 Å². The SMILES string of the molecule is CCOC(=O)CCc1csc(-c2ccc(OC)c(Br)c2)n1. The molecule has 2 aromatic rings. The quantitative estimate of drug-likeness (QED) is 0.719. The zero-order chi connectivity index (χ0) is 15.2. The van der Waals surface area contributed by atoms with Crippen LogP contribution in [0.5, 0.6) is 5.75 Å². The molecule has 4 nitrogen and oxygen atoms in total. The van der Waals surface area contributed by atoms with Gasteiger partial charge in [-0.3, -0.25) is 4.79 Å². The first-order valence-electron chi connectivity index (χ1n) is 6.58. The highest BCUT2D eigenvalue weighted by Crippen LogP contribution is 2.32. The fraction of sp³-hybridized carbons (Fsp3) is 0.333. The molecule has 0 bridgehead atoms. The third-order valence-corrected chi connectivity index (χ3v) is 4.40. The minimum atomic E-state index is -0.181. The summed E-state index contributed by atoms with van der Waals surface area (Å²) in [5.74, 6) is 0.608. The highest BCUT2D eigenvalue weighted by atomic mass is 79.9. The van der Waals surface area contributed by atoms with E-state index in [1.807, 2.05) is 23.6 Å². The molecular weight excluding hydrogens is 354 g/mol. The molecule has 0 N–H and O–H groups in total. The summed E-state index contributed by atoms with van der Waals surface area (Å²) in [6.07, 6.45) is 0.968. The van der Waals surface area contributed by atoms with E-state index in [0.717, 1.165) is 26.5 Å². The number of thiazole rings is 1. The third-order valence-electron chi connectivity index (χ3n) is 2.84. The second-order valence-corrected chi connectivity index (χ2v) is 6.01. The van der Waals surface area contributed by atoms with Gasteiger partial charge in [-0.15, -0.1) is 11.3 Å². The van der Waals surface area contributed by atoms with Gasteiger partial charge in [0, 0.05) is 17.4 Å². The van der Waals surface area contributed by atoms with E-state index in [4.69, 9.17) is 9.47 Å². The number of methoxy groups -OCH3 is 1. The molecule has 0 fully saturated rings. The van der Waals surface area contributed by atoms with Crippen LogP contribution >= 0.6 is 27.3 Å². The summed E-state index contributed by atoms with van der Waals surface area (Å²) >= 11 is 5.03. The van der Waals surface area contributed by atoms with Crippen LogP contribution in [-0.2, 0) is 16.0 Å². The number of carbonyl (C=O) groups excluding carboxylic acids is 1. The molecule has 0 radical (unpaired) electrons. The van der Waals surface area contributed by atoms with Gasteiger partial charge in [0.2, 0.25) is 0 Å². The Morgan fingerprint density at radius 1 is 1.43 bits per heavy atom. The maximum Gasteiger partial charge on any atom is 0.306 e. The van der Waals surface area contributed by atoms with Crippen molar-refractivity contribution in [2.45, 2.75) is 19.8 Å². The van der Waals surface area contributed by atoms with Gasteiger partial charge >= 0.3 is 5.97 Å². The van der Waals surface area contributed by atoms with Gasteiger partial charge in [-0.1, -0.05) is 0 Å². The van der Waals surface area contributed by atoms with Gasteiger partial charge in [0.1, 0.15) is 10.8 Å². The number of nitrogens with zero attached hydrogens (tertiary/aromatic N) is 1. The van der Waals surface area contributed by atoms with Gasteiger partial charge in [0.05, 0.1) is 30.3 Å². The largest absolute Gasteiger partial charge is 0.496 e. The number of halogens is 1. The Morgan fingerprint density at radius 3 is 2.90 bits per heavy atom. The van der Waals surface area contributed by atoms with Crippen molar-refractivity contribution in [3.63, 3.8) is 0 Å². The lowest BCUT2D eigenvalue weighted by Gasteiger charge is -2.04. The highest BCUT2D eigenvalue weighted by molar-refractivity contribution is 9.10. The summed E-state index contributed by atoms with van der Waals surface area (Å²) in [5, 5.41) is 2.91. The van der Waals surface area contributed by atoms with Gasteiger partial charge in [-0.2, -0.15) is 0 Å². The normalized spacial score (nSPS) is 10.4. The molecule has 112 valence electrons. The molecule has 0 aliphatic rings. The van der Waals surface area contributed by atoms with E-state index in [-0.39, 0.29) is 5.97 Å². The van der Waals surface area contributed by atoms with Crippen LogP contribution in [0.1, 0.15) is 19.0 Å². The van der Waals surface area contributed by atoms with Crippen molar-refractivity contribution in [2.24, 2.45) is 0 Å². The maximum absolute atomic E-state index is 11.3. The molecule has 6 heteroatoms. The molecule has 0 saturated heterocycles. The minimum Gasteiger partial charge on any atom is -0.496 e. The Morgan fingerprint density at radius 2 is 2.24 bits per heavy atom. The fourth-order valence-corrected chi connectivity index (χ4v) is 3.21. The summed E-state index contributed by atoms with van der Waals surface area (Å²) in [5.41, 5.74) is 1.94. The molecule has 1 aromatic carbocycles. The molecule has 0 spiro atoms. The first-order valence-corrected chi connectivity index (χ1v) is 8.25. The van der Waals surface area contributed by atoms with Crippen LogP contribution in [0.15, 0.2) is 28.1 Å². The fourth-order valence-electron chi connectivity index (χ4n) is 1.82. The minimum absolute atomic E-state index is 0.181. The van der Waals surface area contributed by atoms with Crippen molar-refractivity contribution in [2.75, 3.05) is 13.7 Å². The topological polar surface area (TPSA) is 48.4 Å². The molecule has 0 aliphatic heterocycles. The number of aromatic nitrogens is 1. The summed E-state index contributed by atoms with van der Waals surface area (Å²) < 4.78 is 11.0. The van der Waals surface area contributed by atoms with Crippen molar-refractivity contribution < 1.29 is 14.3 Å². The van der Waals surface area contributed by atoms with Crippen molar-refractivity contribution in [3.8, 4) is 16.3 Å². The lowest BCUT2D eigenvalue weighted by Crippen LogP contribution is -2.05. The summed E-state index contributed by atoms with van der Waals surface area (Å²) in [6.45, 7) is 2.22. The zero-order valence-electron chi connectivity index (χ0n) is 11.9. The number of hydrogen-bond donors (Lipinski definition) is 0. The Balaban J connectivity index is 2.05. The van der Waals surface area contributed by atoms with Crippen molar-refractivity contribution >= 4 is 33.2 Å². The molecule has 0 saturated carbocycles. The number of carbonyl (C=O) groups is 1. The van der Waals surface area contributed by atoms with Gasteiger partial charge in [0.25, 0.3) is 0 Å². The van der Waals surface area contributed by atoms with Crippen molar-refractivity contribution in [1.29, 1.82) is 0 Å². The van der Waals surface area contributed by atoms with Crippen LogP contribution in [0.4, 0.5) is 0 Å². The van der Waals surface area contributed by atoms with E-state index in [1.54, 1.807) is 25.4 Å². The van der Waals surface area contributed by atoms with Gasteiger partial charge < -0.3 is 9.47 Å². The summed E-state index contributed by atoms with van der Waals surface area (Å²) in [7, 11) is 1.64. The van der Waals surface area contributed by atoms with Crippen LogP contribution in [0.3, 0.4) is 0 Å². The molecule has 21 heavy (non-hydrogen) atoms. The van der Waals surface area contributed by atoms with Crippen molar-refractivity contribution in [1.82, 2.24) is 4.98 Å². The second kappa shape index (κ2) is 7.56. The van der Waals surface area contributed by atoms with Gasteiger partial charge in [-0.05, 0) is 41.1 Å². The smallest absolute Gasteiger partial charge is 0.306 e. The van der Waals surface area contributed by atoms with E-state index >= 15 is 0 Å². The van der Waals surface area contributed by atoms with E-state index in [0.29, 0.717) is 19.4 Å². The molecule has 2 rings (SSSR count). The highest BCUT2D eigenvalue weighted by Gasteiger charge is 2.09. The number of aryl methyl sites for hydroxylation is 1. The predicted molar refractivity (Wildman–Crippen MR) is 86.8 cm³/mol. The van der Waals surface area contributed by atoms with Crippen LogP contribution in [0, 0.1) is 0 Å². The Labute approximate surface area is 136 Å². The van der Waals surface area contributed by atoms with E-state index < -0.39 is 0 Å². The monoisotopic (exact) mass is 369 g/mol. The van der Waals surface area contributed by atoms with Crippen LogP contribution in [-0.4, -0.2) is 24.7 Å². The van der Waals surface area contributed by atoms with Crippen LogP contribution < -0.4 is 4.74 Å². The van der Waals surface area contributed by atoms with Gasteiger partial charge in [-0.25, -0.2) is 4.98 Å². The molecule has 1 aromatic heterocycles. The number of benzene rings is 1. The Hall–Kier alpha value is -1.40. The molecule has 0 aliphatic carbocycles. The molecule has 0 atom stereocenters. The van der Waals surface area contributed by atoms with Crippen molar-refractivity contribution in [3.05, 3.63) is 33.7 Å². The molecule has 0 unspecified atom stereocenters. The van der Waals surface area contributed by atoms with E-state index in [2.05, 4.69) is 20.9 Å². The van der Waals surface area contributed by atoms with E-state index in [9.17, 15) is 4.79 Å². The first-order chi connectivity index (χ1) is 10.1. The number of hydrogen-bond acceptors (Lipinski definition) is 5. The zero-order valence-corrected chi connectivity index (χ0v) is 14.3. The van der Waals surface area contributed by atoms with Gasteiger partial charge in [0.15, 0.2) is 0 Å². The predicted octanol–water partition coefficient (Wildman–Crippen LogP) is 4.08. The second-order valence-electron chi connectivity index (χ2n) is 4.30.